The molecule has 0 radical (unpaired) electrons. The average Bonchev–Trinajstić information content (AvgIpc) is 2.63. The molecule has 0 bridgehead atoms. The first-order valence-electron chi connectivity index (χ1n) is 8.83. The number of anilines is 2. The fraction of sp³-hybridized carbons (Fsp3) is 0.316. The summed E-state index contributed by atoms with van der Waals surface area (Å²) in [5.41, 5.74) is 0.692. The number of nitro benzene ring substituents is 1. The maximum absolute atomic E-state index is 12.8. The van der Waals surface area contributed by atoms with Gasteiger partial charge in [0, 0.05) is 6.07 Å². The first-order chi connectivity index (χ1) is 13.6. The van der Waals surface area contributed by atoms with E-state index in [0.29, 0.717) is 18.0 Å². The lowest BCUT2D eigenvalue weighted by Gasteiger charge is -2.28. The van der Waals surface area contributed by atoms with E-state index in [2.05, 4.69) is 5.32 Å². The Morgan fingerprint density at radius 3 is 2.38 bits per heavy atom. The van der Waals surface area contributed by atoms with Gasteiger partial charge in [-0.25, -0.2) is 8.42 Å². The quantitative estimate of drug-likeness (QED) is 0.517. The van der Waals surface area contributed by atoms with Crippen molar-refractivity contribution < 1.29 is 22.9 Å². The summed E-state index contributed by atoms with van der Waals surface area (Å²) in [6, 6.07) is 9.54. The molecule has 1 amide bonds. The lowest BCUT2D eigenvalue weighted by Crippen LogP contribution is -2.45. The molecule has 156 valence electrons. The number of carbonyl (C=O) groups excluding carboxylic acids is 1. The van der Waals surface area contributed by atoms with Gasteiger partial charge >= 0.3 is 0 Å². The predicted molar refractivity (Wildman–Crippen MR) is 111 cm³/mol. The second-order valence-corrected chi connectivity index (χ2v) is 8.22. The van der Waals surface area contributed by atoms with Gasteiger partial charge in [-0.3, -0.25) is 19.2 Å². The van der Waals surface area contributed by atoms with E-state index < -0.39 is 26.9 Å². The van der Waals surface area contributed by atoms with Crippen molar-refractivity contribution in [3.63, 3.8) is 0 Å². The van der Waals surface area contributed by atoms with Crippen molar-refractivity contribution in [3.05, 3.63) is 58.1 Å². The fourth-order valence-corrected chi connectivity index (χ4v) is 4.03. The van der Waals surface area contributed by atoms with Gasteiger partial charge in [0.15, 0.2) is 0 Å². The van der Waals surface area contributed by atoms with E-state index in [4.69, 9.17) is 4.74 Å². The van der Waals surface area contributed by atoms with Gasteiger partial charge in [-0.2, -0.15) is 0 Å². The summed E-state index contributed by atoms with van der Waals surface area (Å²) in [7, 11) is -3.79. The van der Waals surface area contributed by atoms with Gasteiger partial charge in [0.2, 0.25) is 15.9 Å². The van der Waals surface area contributed by atoms with Gasteiger partial charge in [0.25, 0.3) is 5.69 Å². The van der Waals surface area contributed by atoms with E-state index in [0.717, 1.165) is 10.6 Å². The van der Waals surface area contributed by atoms with Crippen LogP contribution in [0.15, 0.2) is 42.5 Å². The van der Waals surface area contributed by atoms with Crippen LogP contribution in [-0.2, 0) is 14.8 Å². The van der Waals surface area contributed by atoms with Crippen LogP contribution in [0.2, 0.25) is 0 Å². The Hall–Kier alpha value is -3.14. The summed E-state index contributed by atoms with van der Waals surface area (Å²) in [5.74, 6) is -0.0399. The molecule has 0 aliphatic heterocycles. The first kappa shape index (κ1) is 22.2. The highest BCUT2D eigenvalue weighted by Crippen LogP contribution is 2.27. The molecule has 2 rings (SSSR count). The predicted octanol–water partition coefficient (Wildman–Crippen LogP) is 3.10. The van der Waals surface area contributed by atoms with Crippen LogP contribution in [0.25, 0.3) is 0 Å². The number of ether oxygens (including phenoxy) is 1. The summed E-state index contributed by atoms with van der Waals surface area (Å²) >= 11 is 0. The van der Waals surface area contributed by atoms with Gasteiger partial charge in [0.1, 0.15) is 11.8 Å². The Morgan fingerprint density at radius 2 is 1.86 bits per heavy atom. The third-order valence-electron chi connectivity index (χ3n) is 4.25. The van der Waals surface area contributed by atoms with E-state index in [1.165, 1.54) is 32.0 Å². The Bertz CT molecular complexity index is 1010. The Labute approximate surface area is 169 Å². The molecule has 29 heavy (non-hydrogen) atoms. The van der Waals surface area contributed by atoms with Gasteiger partial charge in [0.05, 0.1) is 34.7 Å². The SMILES string of the molecule is CCOc1ccc(N([C@H](C)C(=O)Nc2cccc([N+](=O)[O-])c2C)S(C)(=O)=O)cc1. The number of nitro groups is 1. The van der Waals surface area contributed by atoms with Crippen LogP contribution in [0, 0.1) is 17.0 Å². The van der Waals surface area contributed by atoms with E-state index in [1.807, 2.05) is 6.92 Å². The number of hydrogen-bond acceptors (Lipinski definition) is 6. The van der Waals surface area contributed by atoms with Crippen LogP contribution in [0.1, 0.15) is 19.4 Å². The molecular weight excluding hydrogens is 398 g/mol. The van der Waals surface area contributed by atoms with Crippen molar-refractivity contribution >= 4 is 33.0 Å². The number of benzene rings is 2. The highest BCUT2D eigenvalue weighted by Gasteiger charge is 2.30. The fourth-order valence-electron chi connectivity index (χ4n) is 2.86. The molecule has 0 aliphatic rings. The van der Waals surface area contributed by atoms with Crippen molar-refractivity contribution in [1.29, 1.82) is 0 Å². The van der Waals surface area contributed by atoms with Crippen LogP contribution < -0.4 is 14.4 Å². The highest BCUT2D eigenvalue weighted by molar-refractivity contribution is 7.92. The molecule has 1 N–H and O–H groups in total. The molecule has 0 saturated carbocycles. The second kappa shape index (κ2) is 8.91. The third-order valence-corrected chi connectivity index (χ3v) is 5.49. The second-order valence-electron chi connectivity index (χ2n) is 6.36. The number of rotatable bonds is 8. The maximum atomic E-state index is 12.8. The molecule has 9 nitrogen and oxygen atoms in total. The van der Waals surface area contributed by atoms with Crippen LogP contribution in [0.4, 0.5) is 17.1 Å². The van der Waals surface area contributed by atoms with Crippen molar-refractivity contribution in [3.8, 4) is 5.75 Å². The van der Waals surface area contributed by atoms with E-state index in [9.17, 15) is 23.3 Å². The largest absolute Gasteiger partial charge is 0.494 e. The van der Waals surface area contributed by atoms with Gasteiger partial charge in [-0.05, 0) is 51.1 Å². The maximum Gasteiger partial charge on any atom is 0.274 e. The van der Waals surface area contributed by atoms with Crippen molar-refractivity contribution in [2.45, 2.75) is 26.8 Å². The van der Waals surface area contributed by atoms with E-state index >= 15 is 0 Å². The van der Waals surface area contributed by atoms with Crippen LogP contribution in [0.5, 0.6) is 5.75 Å². The lowest BCUT2D eigenvalue weighted by atomic mass is 10.1. The first-order valence-corrected chi connectivity index (χ1v) is 10.7. The zero-order chi connectivity index (χ0) is 21.8. The molecule has 0 aromatic heterocycles. The molecule has 0 fully saturated rings. The topological polar surface area (TPSA) is 119 Å². The molecule has 0 saturated heterocycles. The monoisotopic (exact) mass is 421 g/mol. The summed E-state index contributed by atoms with van der Waals surface area (Å²) in [5, 5.41) is 13.7. The molecule has 1 atom stereocenters. The zero-order valence-corrected chi connectivity index (χ0v) is 17.4. The number of nitrogens with one attached hydrogen (secondary N) is 1. The molecule has 0 aliphatic carbocycles. The smallest absolute Gasteiger partial charge is 0.274 e. The highest BCUT2D eigenvalue weighted by atomic mass is 32.2. The van der Waals surface area contributed by atoms with Gasteiger partial charge in [-0.1, -0.05) is 6.07 Å². The van der Waals surface area contributed by atoms with Crippen molar-refractivity contribution in [2.75, 3.05) is 22.5 Å². The minimum Gasteiger partial charge on any atom is -0.494 e. The summed E-state index contributed by atoms with van der Waals surface area (Å²) in [4.78, 5) is 23.3. The third kappa shape index (κ3) is 5.23. The number of sulfonamides is 1. The molecule has 2 aromatic carbocycles. The van der Waals surface area contributed by atoms with Crippen molar-refractivity contribution in [1.82, 2.24) is 0 Å². The number of nitrogens with zero attached hydrogens (tertiary/aromatic N) is 2. The minimum absolute atomic E-state index is 0.137. The summed E-state index contributed by atoms with van der Waals surface area (Å²) in [6.45, 7) is 5.26. The van der Waals surface area contributed by atoms with Crippen LogP contribution in [-0.4, -0.2) is 38.2 Å². The molecular formula is C19H23N3O6S. The van der Waals surface area contributed by atoms with Gasteiger partial charge in [-0.15, -0.1) is 0 Å². The Balaban J connectivity index is 2.32. The zero-order valence-electron chi connectivity index (χ0n) is 16.6. The normalized spacial score (nSPS) is 12.1. The van der Waals surface area contributed by atoms with Gasteiger partial charge < -0.3 is 10.1 Å². The minimum atomic E-state index is -3.79. The Kier molecular flexibility index (Phi) is 6.80. The summed E-state index contributed by atoms with van der Waals surface area (Å²) < 4.78 is 31.1. The summed E-state index contributed by atoms with van der Waals surface area (Å²) in [6.07, 6.45) is 1.01. The van der Waals surface area contributed by atoms with E-state index in [-0.39, 0.29) is 16.9 Å². The van der Waals surface area contributed by atoms with Crippen molar-refractivity contribution in [2.24, 2.45) is 0 Å². The number of amides is 1. The standard InChI is InChI=1S/C19H23N3O6S/c1-5-28-16-11-9-15(10-12-16)21(29(4,26)27)14(3)19(23)20-17-7-6-8-18(13(17)2)22(24)25/h6-12,14H,5H2,1-4H3,(H,20,23)/t14-/m1/s1. The number of carbonyl (C=O) groups is 1. The molecule has 0 unspecified atom stereocenters. The number of hydrogen-bond donors (Lipinski definition) is 1. The average molecular weight is 421 g/mol. The molecule has 0 spiro atoms. The van der Waals surface area contributed by atoms with Crippen LogP contribution >= 0.6 is 0 Å². The molecule has 2 aromatic rings. The Morgan fingerprint density at radius 1 is 1.24 bits per heavy atom. The lowest BCUT2D eigenvalue weighted by molar-refractivity contribution is -0.385. The van der Waals surface area contributed by atoms with E-state index in [1.54, 1.807) is 24.3 Å². The molecule has 0 heterocycles. The molecule has 10 heteroatoms. The van der Waals surface area contributed by atoms with Crippen LogP contribution in [0.3, 0.4) is 0 Å².